The van der Waals surface area contributed by atoms with Crippen LogP contribution < -0.4 is 0 Å². The molecule has 2 aromatic heterocycles. The fourth-order valence-electron chi connectivity index (χ4n) is 4.37. The van der Waals surface area contributed by atoms with Crippen LogP contribution in [0.15, 0.2) is 59.2 Å². The number of nitrogens with zero attached hydrogens (tertiary/aromatic N) is 5. The van der Waals surface area contributed by atoms with Crippen molar-refractivity contribution in [2.45, 2.75) is 12.8 Å². The molecule has 1 aromatic carbocycles. The Hall–Kier alpha value is -3.39. The van der Waals surface area contributed by atoms with Gasteiger partial charge < -0.3 is 14.2 Å². The second kappa shape index (κ2) is 9.00. The lowest BCUT2D eigenvalue weighted by Gasteiger charge is -2.35. The zero-order chi connectivity index (χ0) is 21.9. The van der Waals surface area contributed by atoms with Gasteiger partial charge in [0.25, 0.3) is 5.91 Å². The summed E-state index contributed by atoms with van der Waals surface area (Å²) in [6.45, 7) is 4.74. The number of likely N-dealkylation sites (tertiary alicyclic amines) is 1. The number of hydrogen-bond acceptors (Lipinski definition) is 5. The third-order valence-corrected chi connectivity index (χ3v) is 6.18. The number of furan rings is 1. The molecule has 0 saturated carbocycles. The quantitative estimate of drug-likeness (QED) is 0.618. The van der Waals surface area contributed by atoms with Gasteiger partial charge in [-0.05, 0) is 37.1 Å². The molecule has 2 amide bonds. The number of carbonyl (C=O) groups excluding carboxylic acids is 2. The lowest BCUT2D eigenvalue weighted by atomic mass is 10.2. The molecular weight excluding hydrogens is 406 g/mol. The predicted octanol–water partition coefficient (Wildman–Crippen LogP) is 2.51. The van der Waals surface area contributed by atoms with E-state index in [1.165, 1.54) is 0 Å². The smallest absolute Gasteiger partial charge is 0.272 e. The zero-order valence-electron chi connectivity index (χ0n) is 18.0. The lowest BCUT2D eigenvalue weighted by molar-refractivity contribution is -0.131. The summed E-state index contributed by atoms with van der Waals surface area (Å²) in [4.78, 5) is 31.8. The topological polar surface area (TPSA) is 74.8 Å². The Morgan fingerprint density at radius 2 is 1.62 bits per heavy atom. The van der Waals surface area contributed by atoms with Crippen LogP contribution in [-0.2, 0) is 4.79 Å². The molecule has 2 aliphatic rings. The molecule has 0 unspecified atom stereocenters. The van der Waals surface area contributed by atoms with Crippen molar-refractivity contribution in [1.29, 1.82) is 0 Å². The molecule has 2 fully saturated rings. The van der Waals surface area contributed by atoms with Gasteiger partial charge in [0.05, 0.1) is 18.5 Å². The first kappa shape index (κ1) is 20.5. The summed E-state index contributed by atoms with van der Waals surface area (Å²) in [5.41, 5.74) is 1.95. The molecule has 0 radical (unpaired) electrons. The zero-order valence-corrected chi connectivity index (χ0v) is 18.0. The fraction of sp³-hybridized carbons (Fsp3) is 0.375. The van der Waals surface area contributed by atoms with Gasteiger partial charge in [-0.2, -0.15) is 5.10 Å². The molecule has 3 aromatic rings. The summed E-state index contributed by atoms with van der Waals surface area (Å²) >= 11 is 0. The minimum Gasteiger partial charge on any atom is -0.463 e. The third kappa shape index (κ3) is 4.18. The van der Waals surface area contributed by atoms with Gasteiger partial charge in [-0.25, -0.2) is 4.68 Å². The van der Waals surface area contributed by atoms with Gasteiger partial charge in [-0.3, -0.25) is 14.5 Å². The molecule has 0 atom stereocenters. The Balaban J connectivity index is 1.30. The van der Waals surface area contributed by atoms with E-state index < -0.39 is 0 Å². The fourth-order valence-corrected chi connectivity index (χ4v) is 4.37. The second-order valence-corrected chi connectivity index (χ2v) is 8.30. The molecule has 32 heavy (non-hydrogen) atoms. The summed E-state index contributed by atoms with van der Waals surface area (Å²) in [5.74, 6) is 0.760. The summed E-state index contributed by atoms with van der Waals surface area (Å²) in [5, 5.41) is 4.65. The van der Waals surface area contributed by atoms with Crippen LogP contribution in [-0.4, -0.2) is 82.1 Å². The molecule has 8 nitrogen and oxygen atoms in total. The SMILES string of the molecule is O=C(CN1CCN(C(=O)c2cc(-c3ccco3)nn2-c2ccccc2)CC1)N1CCCC1. The van der Waals surface area contributed by atoms with Gasteiger partial charge >= 0.3 is 0 Å². The lowest BCUT2D eigenvalue weighted by Crippen LogP contribution is -2.51. The number of carbonyl (C=O) groups is 2. The van der Waals surface area contributed by atoms with Gasteiger partial charge in [0.1, 0.15) is 11.4 Å². The second-order valence-electron chi connectivity index (χ2n) is 8.30. The molecule has 2 saturated heterocycles. The number of amides is 2. The van der Waals surface area contributed by atoms with Crippen molar-refractivity contribution in [3.63, 3.8) is 0 Å². The van der Waals surface area contributed by atoms with Crippen LogP contribution in [0.1, 0.15) is 23.3 Å². The van der Waals surface area contributed by atoms with Gasteiger partial charge in [-0.15, -0.1) is 0 Å². The van der Waals surface area contributed by atoms with E-state index in [1.807, 2.05) is 46.2 Å². The predicted molar refractivity (Wildman–Crippen MR) is 119 cm³/mol. The van der Waals surface area contributed by atoms with Crippen LogP contribution >= 0.6 is 0 Å². The minimum atomic E-state index is -0.0651. The molecule has 8 heteroatoms. The van der Waals surface area contributed by atoms with Crippen molar-refractivity contribution in [2.24, 2.45) is 0 Å². The van der Waals surface area contributed by atoms with E-state index in [0.29, 0.717) is 49.9 Å². The number of aromatic nitrogens is 2. The van der Waals surface area contributed by atoms with Crippen molar-refractivity contribution in [1.82, 2.24) is 24.5 Å². The van der Waals surface area contributed by atoms with Crippen molar-refractivity contribution < 1.29 is 14.0 Å². The molecule has 0 aliphatic carbocycles. The molecular formula is C24H27N5O3. The Morgan fingerprint density at radius 3 is 2.31 bits per heavy atom. The average Bonchev–Trinajstić information content (AvgIpc) is 3.61. The Labute approximate surface area is 187 Å². The molecule has 166 valence electrons. The van der Waals surface area contributed by atoms with Crippen LogP contribution in [0.3, 0.4) is 0 Å². The molecule has 2 aliphatic heterocycles. The summed E-state index contributed by atoms with van der Waals surface area (Å²) < 4.78 is 7.18. The van der Waals surface area contributed by atoms with Crippen molar-refractivity contribution in [3.8, 4) is 17.1 Å². The van der Waals surface area contributed by atoms with E-state index in [2.05, 4.69) is 10.00 Å². The van der Waals surface area contributed by atoms with E-state index in [4.69, 9.17) is 4.42 Å². The molecule has 0 spiro atoms. The normalized spacial score (nSPS) is 17.1. The van der Waals surface area contributed by atoms with Crippen LogP contribution in [0.2, 0.25) is 0 Å². The van der Waals surface area contributed by atoms with E-state index in [1.54, 1.807) is 23.1 Å². The highest BCUT2D eigenvalue weighted by molar-refractivity contribution is 5.94. The van der Waals surface area contributed by atoms with Crippen molar-refractivity contribution in [2.75, 3.05) is 45.8 Å². The van der Waals surface area contributed by atoms with Crippen molar-refractivity contribution in [3.05, 3.63) is 60.5 Å². The van der Waals surface area contributed by atoms with Crippen LogP contribution in [0, 0.1) is 0 Å². The van der Waals surface area contributed by atoms with Crippen LogP contribution in [0.4, 0.5) is 0 Å². The van der Waals surface area contributed by atoms with Crippen LogP contribution in [0.5, 0.6) is 0 Å². The highest BCUT2D eigenvalue weighted by Crippen LogP contribution is 2.23. The highest BCUT2D eigenvalue weighted by Gasteiger charge is 2.28. The Kier molecular flexibility index (Phi) is 5.77. The molecule has 5 rings (SSSR count). The largest absolute Gasteiger partial charge is 0.463 e. The van der Waals surface area contributed by atoms with Gasteiger partial charge in [0.2, 0.25) is 5.91 Å². The molecule has 4 heterocycles. The maximum atomic E-state index is 13.5. The van der Waals surface area contributed by atoms with Crippen LogP contribution in [0.25, 0.3) is 17.1 Å². The number of benzene rings is 1. The molecule has 0 N–H and O–H groups in total. The standard InChI is InChI=1S/C24H27N5O3/c30-23(27-10-4-5-11-27)18-26-12-14-28(15-13-26)24(31)21-17-20(22-9-6-16-32-22)25-29(21)19-7-2-1-3-8-19/h1-3,6-9,16-17H,4-5,10-15,18H2. The van der Waals surface area contributed by atoms with Gasteiger partial charge in [0, 0.05) is 45.3 Å². The van der Waals surface area contributed by atoms with Crippen molar-refractivity contribution >= 4 is 11.8 Å². The Bertz CT molecular complexity index is 1060. The summed E-state index contributed by atoms with van der Waals surface area (Å²) in [6, 6.07) is 15.1. The number of piperazine rings is 1. The first-order valence-electron chi connectivity index (χ1n) is 11.2. The van der Waals surface area contributed by atoms with E-state index in [-0.39, 0.29) is 11.8 Å². The van der Waals surface area contributed by atoms with Gasteiger partial charge in [0.15, 0.2) is 5.76 Å². The maximum Gasteiger partial charge on any atom is 0.272 e. The molecule has 0 bridgehead atoms. The van der Waals surface area contributed by atoms with Gasteiger partial charge in [-0.1, -0.05) is 18.2 Å². The first-order chi connectivity index (χ1) is 15.7. The summed E-state index contributed by atoms with van der Waals surface area (Å²) in [7, 11) is 0. The number of rotatable bonds is 5. The first-order valence-corrected chi connectivity index (χ1v) is 11.2. The Morgan fingerprint density at radius 1 is 0.875 bits per heavy atom. The number of hydrogen-bond donors (Lipinski definition) is 0. The summed E-state index contributed by atoms with van der Waals surface area (Å²) in [6.07, 6.45) is 3.80. The highest BCUT2D eigenvalue weighted by atomic mass is 16.3. The van der Waals surface area contributed by atoms with E-state index in [9.17, 15) is 9.59 Å². The average molecular weight is 434 g/mol. The van der Waals surface area contributed by atoms with E-state index >= 15 is 0 Å². The third-order valence-electron chi connectivity index (χ3n) is 6.18. The van der Waals surface area contributed by atoms with E-state index in [0.717, 1.165) is 31.6 Å². The monoisotopic (exact) mass is 433 g/mol. The maximum absolute atomic E-state index is 13.5. The minimum absolute atomic E-state index is 0.0651. The number of para-hydroxylation sites is 1.